The highest BCUT2D eigenvalue weighted by Crippen LogP contribution is 2.21. The predicted molar refractivity (Wildman–Crippen MR) is 102 cm³/mol. The van der Waals surface area contributed by atoms with Crippen LogP contribution < -0.4 is 14.8 Å². The number of carbonyl (C=O) groups is 1. The average Bonchev–Trinajstić information content (AvgIpc) is 3.15. The largest absolute Gasteiger partial charge is 0.497 e. The van der Waals surface area contributed by atoms with Crippen LogP contribution in [0.3, 0.4) is 0 Å². The van der Waals surface area contributed by atoms with Gasteiger partial charge in [0.15, 0.2) is 6.10 Å². The fourth-order valence-electron chi connectivity index (χ4n) is 2.31. The van der Waals surface area contributed by atoms with Gasteiger partial charge in [0, 0.05) is 16.1 Å². The molecule has 1 N–H and O–H groups in total. The first-order valence-electron chi connectivity index (χ1n) is 8.22. The van der Waals surface area contributed by atoms with Crippen LogP contribution >= 0.6 is 15.9 Å². The number of nitrogens with one attached hydrogen (secondary N) is 1. The van der Waals surface area contributed by atoms with Gasteiger partial charge in [0.2, 0.25) is 11.7 Å². The highest BCUT2D eigenvalue weighted by Gasteiger charge is 2.16. The lowest BCUT2D eigenvalue weighted by molar-refractivity contribution is -0.127. The molecule has 0 bridgehead atoms. The van der Waals surface area contributed by atoms with Gasteiger partial charge in [-0.2, -0.15) is 4.98 Å². The number of hydrogen-bond acceptors (Lipinski definition) is 6. The Hall–Kier alpha value is -2.87. The molecule has 7 nitrogen and oxygen atoms in total. The Labute approximate surface area is 164 Å². The van der Waals surface area contributed by atoms with E-state index in [1.54, 1.807) is 38.3 Å². The Balaban J connectivity index is 1.55. The Morgan fingerprint density at radius 1 is 1.22 bits per heavy atom. The Bertz CT molecular complexity index is 929. The third-order valence-electron chi connectivity index (χ3n) is 3.69. The van der Waals surface area contributed by atoms with Crippen molar-refractivity contribution < 1.29 is 18.8 Å². The highest BCUT2D eigenvalue weighted by atomic mass is 79.9. The lowest BCUT2D eigenvalue weighted by Gasteiger charge is -2.14. The molecule has 0 aliphatic carbocycles. The number of rotatable bonds is 7. The molecule has 0 fully saturated rings. The van der Waals surface area contributed by atoms with Crippen molar-refractivity contribution in [1.29, 1.82) is 0 Å². The molecule has 0 aliphatic rings. The van der Waals surface area contributed by atoms with Gasteiger partial charge in [-0.05, 0) is 31.2 Å². The average molecular weight is 432 g/mol. The van der Waals surface area contributed by atoms with Crippen molar-refractivity contribution in [1.82, 2.24) is 15.5 Å². The van der Waals surface area contributed by atoms with Gasteiger partial charge in [-0.15, -0.1) is 0 Å². The molecule has 1 atom stereocenters. The number of hydrogen-bond donors (Lipinski definition) is 1. The number of methoxy groups -OCH3 is 1. The standard InChI is InChI=1S/C19H18BrN3O4/c1-12(26-16-8-4-7-15(10-16)25-2)19(24)21-11-17-22-18(23-27-17)13-5-3-6-14(20)9-13/h3-10,12H,11H2,1-2H3,(H,21,24)/t12-/m0/s1. The van der Waals surface area contributed by atoms with E-state index in [1.807, 2.05) is 24.3 Å². The van der Waals surface area contributed by atoms with E-state index in [1.165, 1.54) is 0 Å². The maximum atomic E-state index is 12.2. The van der Waals surface area contributed by atoms with Gasteiger partial charge < -0.3 is 19.3 Å². The third-order valence-corrected chi connectivity index (χ3v) is 4.18. The van der Waals surface area contributed by atoms with E-state index in [9.17, 15) is 4.79 Å². The summed E-state index contributed by atoms with van der Waals surface area (Å²) in [6.07, 6.45) is -0.690. The van der Waals surface area contributed by atoms with Crippen LogP contribution in [0.1, 0.15) is 12.8 Å². The van der Waals surface area contributed by atoms with Crippen LogP contribution in [0.5, 0.6) is 11.5 Å². The molecule has 1 amide bonds. The monoisotopic (exact) mass is 431 g/mol. The summed E-state index contributed by atoms with van der Waals surface area (Å²) in [5.41, 5.74) is 0.820. The second kappa shape index (κ2) is 8.68. The zero-order valence-electron chi connectivity index (χ0n) is 14.8. The molecular weight excluding hydrogens is 414 g/mol. The zero-order chi connectivity index (χ0) is 19.2. The molecule has 0 aliphatic heterocycles. The molecule has 0 saturated carbocycles. The van der Waals surface area contributed by atoms with Crippen LogP contribution in [0.2, 0.25) is 0 Å². The number of amides is 1. The first-order valence-corrected chi connectivity index (χ1v) is 9.01. The lowest BCUT2D eigenvalue weighted by Crippen LogP contribution is -2.36. The predicted octanol–water partition coefficient (Wildman–Crippen LogP) is 3.59. The minimum Gasteiger partial charge on any atom is -0.497 e. The summed E-state index contributed by atoms with van der Waals surface area (Å²) in [6, 6.07) is 14.6. The number of carbonyl (C=O) groups excluding carboxylic acids is 1. The van der Waals surface area contributed by atoms with E-state index < -0.39 is 6.10 Å². The van der Waals surface area contributed by atoms with Crippen LogP contribution in [0.25, 0.3) is 11.4 Å². The fraction of sp³-hybridized carbons (Fsp3) is 0.211. The Kier molecular flexibility index (Phi) is 6.08. The van der Waals surface area contributed by atoms with E-state index >= 15 is 0 Å². The molecule has 3 aromatic rings. The normalized spacial score (nSPS) is 11.7. The molecule has 0 saturated heterocycles. The lowest BCUT2D eigenvalue weighted by atomic mass is 10.2. The van der Waals surface area contributed by atoms with Crippen molar-refractivity contribution in [3.05, 3.63) is 58.9 Å². The van der Waals surface area contributed by atoms with Gasteiger partial charge in [-0.3, -0.25) is 4.79 Å². The van der Waals surface area contributed by atoms with E-state index in [0.717, 1.165) is 10.0 Å². The zero-order valence-corrected chi connectivity index (χ0v) is 16.4. The van der Waals surface area contributed by atoms with Crippen LogP contribution in [-0.2, 0) is 11.3 Å². The van der Waals surface area contributed by atoms with Gasteiger partial charge in [-0.25, -0.2) is 0 Å². The van der Waals surface area contributed by atoms with Crippen molar-refractivity contribution in [3.63, 3.8) is 0 Å². The van der Waals surface area contributed by atoms with Gasteiger partial charge in [-0.1, -0.05) is 39.3 Å². The molecule has 27 heavy (non-hydrogen) atoms. The minimum atomic E-state index is -0.690. The second-order valence-corrected chi connectivity index (χ2v) is 6.59. The first-order chi connectivity index (χ1) is 13.0. The first kappa shape index (κ1) is 18.9. The molecule has 140 valence electrons. The number of halogens is 1. The van der Waals surface area contributed by atoms with E-state index in [-0.39, 0.29) is 12.5 Å². The number of ether oxygens (including phenoxy) is 2. The van der Waals surface area contributed by atoms with E-state index in [4.69, 9.17) is 14.0 Å². The molecule has 0 spiro atoms. The smallest absolute Gasteiger partial charge is 0.261 e. The summed E-state index contributed by atoms with van der Waals surface area (Å²) in [6.45, 7) is 1.78. The van der Waals surface area contributed by atoms with Crippen molar-refractivity contribution in [2.24, 2.45) is 0 Å². The third kappa shape index (κ3) is 5.07. The van der Waals surface area contributed by atoms with Gasteiger partial charge >= 0.3 is 0 Å². The topological polar surface area (TPSA) is 86.5 Å². The molecule has 1 heterocycles. The maximum Gasteiger partial charge on any atom is 0.261 e. The summed E-state index contributed by atoms with van der Waals surface area (Å²) < 4.78 is 16.9. The molecule has 8 heteroatoms. The minimum absolute atomic E-state index is 0.117. The molecule has 2 aromatic carbocycles. The summed E-state index contributed by atoms with van der Waals surface area (Å²) in [7, 11) is 1.57. The van der Waals surface area contributed by atoms with Gasteiger partial charge in [0.1, 0.15) is 11.5 Å². The van der Waals surface area contributed by atoms with Crippen LogP contribution in [0, 0.1) is 0 Å². The quantitative estimate of drug-likeness (QED) is 0.614. The molecular formula is C19H18BrN3O4. The molecule has 3 rings (SSSR count). The van der Waals surface area contributed by atoms with Gasteiger partial charge in [0.05, 0.1) is 13.7 Å². The molecule has 0 radical (unpaired) electrons. The SMILES string of the molecule is COc1cccc(O[C@@H](C)C(=O)NCc2nc(-c3cccc(Br)c3)no2)c1. The second-order valence-electron chi connectivity index (χ2n) is 5.68. The van der Waals surface area contributed by atoms with E-state index in [2.05, 4.69) is 31.4 Å². The summed E-state index contributed by atoms with van der Waals surface area (Å²) in [5.74, 6) is 1.69. The number of aromatic nitrogens is 2. The molecule has 0 unspecified atom stereocenters. The van der Waals surface area contributed by atoms with Crippen LogP contribution in [0.4, 0.5) is 0 Å². The van der Waals surface area contributed by atoms with Crippen molar-refractivity contribution in [2.75, 3.05) is 7.11 Å². The van der Waals surface area contributed by atoms with Crippen LogP contribution in [0.15, 0.2) is 57.5 Å². The fourth-order valence-corrected chi connectivity index (χ4v) is 2.71. The molecule has 1 aromatic heterocycles. The van der Waals surface area contributed by atoms with Crippen molar-refractivity contribution >= 4 is 21.8 Å². The Morgan fingerprint density at radius 3 is 2.78 bits per heavy atom. The number of benzene rings is 2. The van der Waals surface area contributed by atoms with E-state index in [0.29, 0.717) is 23.2 Å². The summed E-state index contributed by atoms with van der Waals surface area (Å²) >= 11 is 3.40. The van der Waals surface area contributed by atoms with Gasteiger partial charge in [0.25, 0.3) is 5.91 Å². The highest BCUT2D eigenvalue weighted by molar-refractivity contribution is 9.10. The van der Waals surface area contributed by atoms with Crippen molar-refractivity contribution in [2.45, 2.75) is 19.6 Å². The van der Waals surface area contributed by atoms with Crippen molar-refractivity contribution in [3.8, 4) is 22.9 Å². The summed E-state index contributed by atoms with van der Waals surface area (Å²) in [4.78, 5) is 16.5. The van der Waals surface area contributed by atoms with Crippen LogP contribution in [-0.4, -0.2) is 29.3 Å². The summed E-state index contributed by atoms with van der Waals surface area (Å²) in [5, 5.41) is 6.66. The Morgan fingerprint density at radius 2 is 2.00 bits per heavy atom. The number of nitrogens with zero attached hydrogens (tertiary/aromatic N) is 2. The maximum absolute atomic E-state index is 12.2.